The molecule has 20 heavy (non-hydrogen) atoms. The van der Waals surface area contributed by atoms with Crippen LogP contribution in [0.2, 0.25) is 0 Å². The van der Waals surface area contributed by atoms with E-state index in [9.17, 15) is 8.42 Å². The van der Waals surface area contributed by atoms with Gasteiger partial charge in [0.25, 0.3) is 0 Å². The van der Waals surface area contributed by atoms with E-state index in [1.54, 1.807) is 6.92 Å². The molecule has 1 aliphatic carbocycles. The monoisotopic (exact) mass is 300 g/mol. The largest absolute Gasteiger partial charge is 0.464 e. The fourth-order valence-corrected chi connectivity index (χ4v) is 4.20. The average Bonchev–Trinajstić information content (AvgIpc) is 2.74. The van der Waals surface area contributed by atoms with Crippen molar-refractivity contribution in [2.24, 2.45) is 11.1 Å². The number of hydrogen-bond donors (Lipinski definition) is 2. The van der Waals surface area contributed by atoms with Crippen molar-refractivity contribution in [2.75, 3.05) is 0 Å². The maximum atomic E-state index is 12.4. The van der Waals surface area contributed by atoms with Crippen LogP contribution in [-0.2, 0) is 16.6 Å². The zero-order valence-corrected chi connectivity index (χ0v) is 13.2. The Morgan fingerprint density at radius 2 is 2.00 bits per heavy atom. The molecule has 3 N–H and O–H groups in total. The van der Waals surface area contributed by atoms with Crippen molar-refractivity contribution in [3.63, 3.8) is 0 Å². The van der Waals surface area contributed by atoms with Crippen molar-refractivity contribution in [3.8, 4) is 0 Å². The van der Waals surface area contributed by atoms with Crippen LogP contribution in [0.25, 0.3) is 0 Å². The smallest absolute Gasteiger partial charge is 0.244 e. The third-order valence-corrected chi connectivity index (χ3v) is 5.70. The molecular formula is C14H24N2O3S. The van der Waals surface area contributed by atoms with Gasteiger partial charge in [-0.1, -0.05) is 13.8 Å². The van der Waals surface area contributed by atoms with Gasteiger partial charge in [0.15, 0.2) is 0 Å². The van der Waals surface area contributed by atoms with Gasteiger partial charge in [-0.15, -0.1) is 0 Å². The molecule has 0 radical (unpaired) electrons. The molecule has 6 heteroatoms. The molecule has 0 aromatic carbocycles. The summed E-state index contributed by atoms with van der Waals surface area (Å²) in [5, 5.41) is 0. The molecule has 0 aliphatic heterocycles. The van der Waals surface area contributed by atoms with E-state index >= 15 is 0 Å². The van der Waals surface area contributed by atoms with Crippen molar-refractivity contribution >= 4 is 10.0 Å². The van der Waals surface area contributed by atoms with Crippen LogP contribution in [-0.4, -0.2) is 14.5 Å². The Balaban J connectivity index is 2.10. The molecule has 114 valence electrons. The zero-order valence-electron chi connectivity index (χ0n) is 12.4. The SMILES string of the molecule is Cc1oc(CN)cc1S(=O)(=O)NC1CCC(C)(C)CC1. The summed E-state index contributed by atoms with van der Waals surface area (Å²) in [5.74, 6) is 0.891. The fraction of sp³-hybridized carbons (Fsp3) is 0.714. The van der Waals surface area contributed by atoms with Gasteiger partial charge in [-0.25, -0.2) is 13.1 Å². The number of nitrogens with two attached hydrogens (primary N) is 1. The summed E-state index contributed by atoms with van der Waals surface area (Å²) < 4.78 is 32.9. The summed E-state index contributed by atoms with van der Waals surface area (Å²) in [6.45, 7) is 6.31. The highest BCUT2D eigenvalue weighted by Crippen LogP contribution is 2.35. The molecular weight excluding hydrogens is 276 g/mol. The van der Waals surface area contributed by atoms with Crippen LogP contribution in [0.15, 0.2) is 15.4 Å². The molecule has 0 unspecified atom stereocenters. The maximum absolute atomic E-state index is 12.4. The third-order valence-electron chi connectivity index (χ3n) is 4.07. The Morgan fingerprint density at radius 3 is 2.50 bits per heavy atom. The number of furan rings is 1. The van der Waals surface area contributed by atoms with Gasteiger partial charge >= 0.3 is 0 Å². The second kappa shape index (κ2) is 5.50. The Morgan fingerprint density at radius 1 is 1.40 bits per heavy atom. The van der Waals surface area contributed by atoms with Gasteiger partial charge in [-0.3, -0.25) is 0 Å². The summed E-state index contributed by atoms with van der Waals surface area (Å²) in [6, 6.07) is 1.54. The molecule has 5 nitrogen and oxygen atoms in total. The predicted molar refractivity (Wildman–Crippen MR) is 77.7 cm³/mol. The molecule has 1 saturated carbocycles. The molecule has 0 bridgehead atoms. The number of rotatable bonds is 4. The molecule has 1 heterocycles. The van der Waals surface area contributed by atoms with Crippen LogP contribution in [0.3, 0.4) is 0 Å². The van der Waals surface area contributed by atoms with Crippen molar-refractivity contribution < 1.29 is 12.8 Å². The molecule has 1 aliphatic rings. The van der Waals surface area contributed by atoms with Gasteiger partial charge in [0.05, 0.1) is 6.54 Å². The van der Waals surface area contributed by atoms with Gasteiger partial charge in [-0.05, 0) is 38.0 Å². The number of nitrogens with one attached hydrogen (secondary N) is 1. The van der Waals surface area contributed by atoms with Crippen LogP contribution >= 0.6 is 0 Å². The first-order valence-corrected chi connectivity index (χ1v) is 8.53. The molecule has 2 rings (SSSR count). The van der Waals surface area contributed by atoms with E-state index < -0.39 is 10.0 Å². The molecule has 0 saturated heterocycles. The molecule has 0 spiro atoms. The lowest BCUT2D eigenvalue weighted by atomic mass is 9.76. The topological polar surface area (TPSA) is 85.3 Å². The standard InChI is InChI=1S/C14H24N2O3S/c1-10-13(8-12(9-15)19-10)20(17,18)16-11-4-6-14(2,3)7-5-11/h8,11,16H,4-7,9,15H2,1-3H3. The Kier molecular flexibility index (Phi) is 4.27. The second-order valence-corrected chi connectivity index (χ2v) is 8.08. The quantitative estimate of drug-likeness (QED) is 0.893. The normalized spacial score (nSPS) is 20.2. The van der Waals surface area contributed by atoms with Crippen molar-refractivity contribution in [1.82, 2.24) is 4.72 Å². The van der Waals surface area contributed by atoms with Gasteiger partial charge in [0, 0.05) is 12.1 Å². The molecule has 1 aromatic heterocycles. The van der Waals surface area contributed by atoms with Crippen molar-refractivity contribution in [2.45, 2.75) is 63.9 Å². The number of sulfonamides is 1. The molecule has 1 aromatic rings. The molecule has 0 amide bonds. The van der Waals surface area contributed by atoms with Gasteiger partial charge in [0.2, 0.25) is 10.0 Å². The Bertz CT molecular complexity index is 565. The van der Waals surface area contributed by atoms with Gasteiger partial charge in [-0.2, -0.15) is 0 Å². The minimum absolute atomic E-state index is 0.0173. The summed E-state index contributed by atoms with van der Waals surface area (Å²) in [7, 11) is -3.52. The van der Waals surface area contributed by atoms with Gasteiger partial charge < -0.3 is 10.2 Å². The minimum Gasteiger partial charge on any atom is -0.464 e. The first kappa shape index (κ1) is 15.5. The summed E-state index contributed by atoms with van der Waals surface area (Å²) in [5.41, 5.74) is 5.80. The van der Waals surface area contributed by atoms with E-state index in [1.807, 2.05) is 0 Å². The lowest BCUT2D eigenvalue weighted by Crippen LogP contribution is -2.39. The van der Waals surface area contributed by atoms with Crippen molar-refractivity contribution in [1.29, 1.82) is 0 Å². The summed E-state index contributed by atoms with van der Waals surface area (Å²) in [4.78, 5) is 0.211. The van der Waals surface area contributed by atoms with E-state index in [2.05, 4.69) is 18.6 Å². The van der Waals surface area contributed by atoms with Gasteiger partial charge in [0.1, 0.15) is 16.4 Å². The minimum atomic E-state index is -3.52. The number of aryl methyl sites for hydroxylation is 1. The first-order valence-electron chi connectivity index (χ1n) is 7.05. The lowest BCUT2D eigenvalue weighted by Gasteiger charge is -2.34. The Labute approximate surface area is 121 Å². The maximum Gasteiger partial charge on any atom is 0.244 e. The predicted octanol–water partition coefficient (Wildman–Crippen LogP) is 2.29. The molecule has 0 atom stereocenters. The fourth-order valence-electron chi connectivity index (χ4n) is 2.69. The van der Waals surface area contributed by atoms with Crippen LogP contribution in [0, 0.1) is 12.3 Å². The van der Waals surface area contributed by atoms with E-state index in [4.69, 9.17) is 10.2 Å². The van der Waals surface area contributed by atoms with E-state index in [-0.39, 0.29) is 17.5 Å². The van der Waals surface area contributed by atoms with E-state index in [0.717, 1.165) is 25.7 Å². The van der Waals surface area contributed by atoms with Crippen LogP contribution in [0.4, 0.5) is 0 Å². The lowest BCUT2D eigenvalue weighted by molar-refractivity contribution is 0.218. The van der Waals surface area contributed by atoms with Crippen LogP contribution < -0.4 is 10.5 Å². The third kappa shape index (κ3) is 3.42. The summed E-state index contributed by atoms with van der Waals surface area (Å²) in [6.07, 6.45) is 3.84. The highest BCUT2D eigenvalue weighted by atomic mass is 32.2. The van der Waals surface area contributed by atoms with Crippen LogP contribution in [0.5, 0.6) is 0 Å². The summed E-state index contributed by atoms with van der Waals surface area (Å²) >= 11 is 0. The molecule has 1 fully saturated rings. The van der Waals surface area contributed by atoms with E-state index in [1.165, 1.54) is 6.07 Å². The van der Waals surface area contributed by atoms with E-state index in [0.29, 0.717) is 16.9 Å². The first-order chi connectivity index (χ1) is 9.23. The second-order valence-electron chi connectivity index (χ2n) is 6.40. The highest BCUT2D eigenvalue weighted by Gasteiger charge is 2.30. The average molecular weight is 300 g/mol. The highest BCUT2D eigenvalue weighted by molar-refractivity contribution is 7.89. The van der Waals surface area contributed by atoms with Crippen molar-refractivity contribution in [3.05, 3.63) is 17.6 Å². The number of hydrogen-bond acceptors (Lipinski definition) is 4. The zero-order chi connectivity index (χ0) is 15.0. The Hall–Kier alpha value is -0.850. The van der Waals surface area contributed by atoms with Crippen LogP contribution in [0.1, 0.15) is 51.1 Å².